The van der Waals surface area contributed by atoms with Gasteiger partial charge in [0.25, 0.3) is 0 Å². The van der Waals surface area contributed by atoms with Gasteiger partial charge in [0.2, 0.25) is 0 Å². The van der Waals surface area contributed by atoms with Crippen LogP contribution in [0.1, 0.15) is 61.2 Å². The first-order valence-corrected chi connectivity index (χ1v) is 9.46. The van der Waals surface area contributed by atoms with Crippen LogP contribution in [0.25, 0.3) is 16.2 Å². The molecule has 2 heterocycles. The molecule has 0 atom stereocenters. The zero-order chi connectivity index (χ0) is 18.4. The average Bonchev–Trinajstić information content (AvgIpc) is 3.08. The number of carboxylic acids is 1. The Kier molecular flexibility index (Phi) is 4.45. The first-order chi connectivity index (χ1) is 11.8. The number of benzene rings is 1. The first kappa shape index (κ1) is 17.7. The Morgan fingerprint density at radius 2 is 1.80 bits per heavy atom. The molecule has 1 aromatic carbocycles. The topological polar surface area (TPSA) is 54.6 Å². The van der Waals surface area contributed by atoms with Crippen LogP contribution in [0.3, 0.4) is 0 Å². The molecule has 3 aromatic rings. The molecule has 3 rings (SSSR count). The minimum atomic E-state index is -0.919. The fraction of sp³-hybridized carbons (Fsp3) is 0.400. The lowest BCUT2D eigenvalue weighted by atomic mass is 9.86. The number of fused-ring (bicyclic) bond motifs is 1. The fourth-order valence-electron chi connectivity index (χ4n) is 3.13. The van der Waals surface area contributed by atoms with E-state index >= 15 is 0 Å². The number of rotatable bonds is 4. The molecule has 0 saturated heterocycles. The summed E-state index contributed by atoms with van der Waals surface area (Å²) in [5, 5.41) is 9.73. The summed E-state index contributed by atoms with van der Waals surface area (Å²) in [6.07, 6.45) is 1.46. The van der Waals surface area contributed by atoms with Crippen molar-refractivity contribution in [3.05, 3.63) is 46.1 Å². The summed E-state index contributed by atoms with van der Waals surface area (Å²) in [5.74, 6) is -0.919. The molecule has 0 aliphatic heterocycles. The van der Waals surface area contributed by atoms with Gasteiger partial charge in [-0.2, -0.15) is 0 Å². The molecule has 0 radical (unpaired) electrons. The largest absolute Gasteiger partial charge is 0.477 e. The van der Waals surface area contributed by atoms with Crippen molar-refractivity contribution in [2.24, 2.45) is 0 Å². The third-order valence-corrected chi connectivity index (χ3v) is 5.69. The predicted molar refractivity (Wildman–Crippen MR) is 103 cm³/mol. The van der Waals surface area contributed by atoms with Gasteiger partial charge in [-0.05, 0) is 29.4 Å². The molecule has 0 unspecified atom stereocenters. The maximum atomic E-state index is 11.9. The normalized spacial score (nSPS) is 12.0. The summed E-state index contributed by atoms with van der Waals surface area (Å²) in [6, 6.07) is 8.46. The van der Waals surface area contributed by atoms with Gasteiger partial charge in [-0.25, -0.2) is 9.78 Å². The van der Waals surface area contributed by atoms with E-state index in [-0.39, 0.29) is 5.41 Å². The Balaban J connectivity index is 2.27. The highest BCUT2D eigenvalue weighted by Gasteiger charge is 2.24. The maximum Gasteiger partial charge on any atom is 0.354 e. The zero-order valence-electron chi connectivity index (χ0n) is 15.4. The highest BCUT2D eigenvalue weighted by molar-refractivity contribution is 7.17. The lowest BCUT2D eigenvalue weighted by Gasteiger charge is -2.19. The van der Waals surface area contributed by atoms with Crippen molar-refractivity contribution in [3.63, 3.8) is 0 Å². The molecular weight excluding hydrogens is 332 g/mol. The maximum absolute atomic E-state index is 11.9. The molecule has 0 amide bonds. The summed E-state index contributed by atoms with van der Waals surface area (Å²) >= 11 is 1.58. The second-order valence-corrected chi connectivity index (χ2v) is 8.30. The van der Waals surface area contributed by atoms with E-state index in [1.807, 2.05) is 11.3 Å². The van der Waals surface area contributed by atoms with E-state index in [2.05, 4.69) is 56.9 Å². The molecule has 2 aromatic heterocycles. The van der Waals surface area contributed by atoms with Crippen LogP contribution >= 0.6 is 11.3 Å². The molecular formula is C20H24N2O2S. The van der Waals surface area contributed by atoms with Crippen molar-refractivity contribution < 1.29 is 9.90 Å². The van der Waals surface area contributed by atoms with E-state index in [1.165, 1.54) is 5.56 Å². The summed E-state index contributed by atoms with van der Waals surface area (Å²) < 4.78 is 1.83. The molecule has 25 heavy (non-hydrogen) atoms. The number of aromatic nitrogens is 2. The van der Waals surface area contributed by atoms with E-state index < -0.39 is 5.97 Å². The minimum absolute atomic E-state index is 0.0900. The third kappa shape index (κ3) is 2.97. The Hall–Kier alpha value is -2.14. The zero-order valence-corrected chi connectivity index (χ0v) is 16.2. The lowest BCUT2D eigenvalue weighted by Crippen LogP contribution is -2.10. The number of carbonyl (C=O) groups is 1. The Morgan fingerprint density at radius 1 is 1.16 bits per heavy atom. The SMILES string of the molecule is CCc1nc2sc(CC)c(-c3ccc(C(C)(C)C)cc3)n2c1C(=O)O. The molecule has 132 valence electrons. The summed E-state index contributed by atoms with van der Waals surface area (Å²) in [7, 11) is 0. The van der Waals surface area contributed by atoms with Gasteiger partial charge >= 0.3 is 5.97 Å². The molecule has 0 aliphatic carbocycles. The van der Waals surface area contributed by atoms with E-state index in [9.17, 15) is 9.90 Å². The number of nitrogens with zero attached hydrogens (tertiary/aromatic N) is 2. The van der Waals surface area contributed by atoms with Gasteiger partial charge in [-0.15, -0.1) is 11.3 Å². The number of hydrogen-bond acceptors (Lipinski definition) is 3. The van der Waals surface area contributed by atoms with Crippen molar-refractivity contribution in [1.29, 1.82) is 0 Å². The number of aromatic carboxylic acids is 1. The van der Waals surface area contributed by atoms with E-state index in [1.54, 1.807) is 11.3 Å². The molecule has 0 fully saturated rings. The van der Waals surface area contributed by atoms with Gasteiger partial charge in [0.05, 0.1) is 11.4 Å². The molecule has 1 N–H and O–H groups in total. The van der Waals surface area contributed by atoms with Crippen LogP contribution in [0.2, 0.25) is 0 Å². The van der Waals surface area contributed by atoms with Crippen LogP contribution in [0.5, 0.6) is 0 Å². The van der Waals surface area contributed by atoms with Crippen molar-refractivity contribution in [3.8, 4) is 11.3 Å². The second-order valence-electron chi connectivity index (χ2n) is 7.24. The molecule has 0 saturated carbocycles. The van der Waals surface area contributed by atoms with Gasteiger partial charge in [0.1, 0.15) is 0 Å². The third-order valence-electron chi connectivity index (χ3n) is 4.50. The summed E-state index contributed by atoms with van der Waals surface area (Å²) in [6.45, 7) is 10.6. The quantitative estimate of drug-likeness (QED) is 0.700. The Morgan fingerprint density at radius 3 is 2.28 bits per heavy atom. The highest BCUT2D eigenvalue weighted by atomic mass is 32.1. The van der Waals surface area contributed by atoms with Gasteiger partial charge in [-0.1, -0.05) is 58.9 Å². The van der Waals surface area contributed by atoms with E-state index in [0.717, 1.165) is 27.5 Å². The number of thiazole rings is 1. The summed E-state index contributed by atoms with van der Waals surface area (Å²) in [4.78, 5) is 18.4. The van der Waals surface area contributed by atoms with Crippen molar-refractivity contribution >= 4 is 22.3 Å². The van der Waals surface area contributed by atoms with Crippen LogP contribution in [-0.2, 0) is 18.3 Å². The fourth-order valence-corrected chi connectivity index (χ4v) is 4.23. The molecule has 4 nitrogen and oxygen atoms in total. The van der Waals surface area contributed by atoms with Crippen molar-refractivity contribution in [2.45, 2.75) is 52.9 Å². The molecule has 0 bridgehead atoms. The molecule has 0 aliphatic rings. The van der Waals surface area contributed by atoms with Crippen LogP contribution < -0.4 is 0 Å². The predicted octanol–water partition coefficient (Wildman–Crippen LogP) is 5.18. The number of carboxylic acid groups (broad SMARTS) is 1. The number of imidazole rings is 1. The van der Waals surface area contributed by atoms with Crippen LogP contribution in [0.4, 0.5) is 0 Å². The Labute approximate surface area is 152 Å². The molecule has 5 heteroatoms. The number of hydrogen-bond donors (Lipinski definition) is 1. The average molecular weight is 356 g/mol. The molecule has 0 spiro atoms. The van der Waals surface area contributed by atoms with Gasteiger partial charge in [0.15, 0.2) is 10.7 Å². The monoisotopic (exact) mass is 356 g/mol. The summed E-state index contributed by atoms with van der Waals surface area (Å²) in [5.41, 5.74) is 4.30. The van der Waals surface area contributed by atoms with Gasteiger partial charge < -0.3 is 5.11 Å². The van der Waals surface area contributed by atoms with Crippen molar-refractivity contribution in [2.75, 3.05) is 0 Å². The number of aryl methyl sites for hydroxylation is 2. The van der Waals surface area contributed by atoms with E-state index in [0.29, 0.717) is 17.8 Å². The van der Waals surface area contributed by atoms with Crippen LogP contribution in [0.15, 0.2) is 24.3 Å². The first-order valence-electron chi connectivity index (χ1n) is 8.65. The second kappa shape index (κ2) is 6.30. The van der Waals surface area contributed by atoms with Gasteiger partial charge in [-0.3, -0.25) is 4.40 Å². The Bertz CT molecular complexity index is 927. The van der Waals surface area contributed by atoms with Gasteiger partial charge in [0, 0.05) is 4.88 Å². The lowest BCUT2D eigenvalue weighted by molar-refractivity contribution is 0.0688. The smallest absolute Gasteiger partial charge is 0.354 e. The van der Waals surface area contributed by atoms with Crippen LogP contribution in [-0.4, -0.2) is 20.5 Å². The standard InChI is InChI=1S/C20H24N2O2S/c1-6-14-17(18(23)24)22-16(15(7-2)25-19(22)21-14)12-8-10-13(11-9-12)20(3,4)5/h8-11H,6-7H2,1-5H3,(H,23,24). The highest BCUT2D eigenvalue weighted by Crippen LogP contribution is 2.35. The van der Waals surface area contributed by atoms with Crippen molar-refractivity contribution in [1.82, 2.24) is 9.38 Å². The minimum Gasteiger partial charge on any atom is -0.477 e. The van der Waals surface area contributed by atoms with Crippen LogP contribution in [0, 0.1) is 0 Å². The van der Waals surface area contributed by atoms with E-state index in [4.69, 9.17) is 0 Å².